The summed E-state index contributed by atoms with van der Waals surface area (Å²) in [7, 11) is 3.13. The summed E-state index contributed by atoms with van der Waals surface area (Å²) in [5, 5.41) is 5.61. The highest BCUT2D eigenvalue weighted by atomic mass is 32.1. The van der Waals surface area contributed by atoms with Crippen molar-refractivity contribution in [3.05, 3.63) is 71.1 Å². The fraction of sp³-hybridized carbons (Fsp3) is 0.0870. The molecule has 156 valence electrons. The fourth-order valence-corrected chi connectivity index (χ4v) is 4.06. The van der Waals surface area contributed by atoms with E-state index in [4.69, 9.17) is 20.2 Å². The third kappa shape index (κ3) is 3.93. The van der Waals surface area contributed by atoms with Crippen LogP contribution in [0.3, 0.4) is 0 Å². The number of nitrogens with two attached hydrogens (primary N) is 1. The molecule has 0 radical (unpaired) electrons. The Morgan fingerprint density at radius 1 is 0.968 bits per heavy atom. The molecule has 0 spiro atoms. The second-order valence-corrected chi connectivity index (χ2v) is 7.54. The minimum Gasteiger partial charge on any atom is -0.493 e. The molecule has 0 saturated heterocycles. The Labute approximate surface area is 182 Å². The van der Waals surface area contributed by atoms with Crippen LogP contribution in [0.4, 0.5) is 5.00 Å². The maximum Gasteiger partial charge on any atom is 0.257 e. The number of nitrogens with zero attached hydrogens (tertiary/aromatic N) is 1. The summed E-state index contributed by atoms with van der Waals surface area (Å²) in [6, 6.07) is 16.1. The molecule has 0 atom stereocenters. The number of hydrogen-bond donors (Lipinski definition) is 2. The average Bonchev–Trinajstić information content (AvgIpc) is 3.26. The summed E-state index contributed by atoms with van der Waals surface area (Å²) in [5.74, 6) is 0.208. The molecule has 3 N–H and O–H groups in total. The third-order valence-corrected chi connectivity index (χ3v) is 5.63. The van der Waals surface area contributed by atoms with Gasteiger partial charge in [0, 0.05) is 10.9 Å². The molecular weight excluding hydrogens is 414 g/mol. The van der Waals surface area contributed by atoms with Gasteiger partial charge in [-0.15, -0.1) is 11.3 Å². The molecular formula is C23H19N3O4S. The number of primary amides is 1. The van der Waals surface area contributed by atoms with E-state index in [9.17, 15) is 9.59 Å². The Morgan fingerprint density at radius 2 is 1.74 bits per heavy atom. The highest BCUT2D eigenvalue weighted by Crippen LogP contribution is 2.33. The summed E-state index contributed by atoms with van der Waals surface area (Å²) in [4.78, 5) is 29.5. The molecule has 0 aliphatic rings. The third-order valence-electron chi connectivity index (χ3n) is 4.80. The number of hydrogen-bond acceptors (Lipinski definition) is 6. The van der Waals surface area contributed by atoms with E-state index in [1.165, 1.54) is 11.3 Å². The molecule has 2 heterocycles. The summed E-state index contributed by atoms with van der Waals surface area (Å²) in [6.45, 7) is 0. The number of carbonyl (C=O) groups is 2. The van der Waals surface area contributed by atoms with Crippen LogP contribution in [0.2, 0.25) is 0 Å². The van der Waals surface area contributed by atoms with Crippen molar-refractivity contribution < 1.29 is 19.1 Å². The van der Waals surface area contributed by atoms with Crippen molar-refractivity contribution in [1.82, 2.24) is 4.98 Å². The molecule has 0 aliphatic heterocycles. The van der Waals surface area contributed by atoms with Gasteiger partial charge in [0.25, 0.3) is 11.8 Å². The fourth-order valence-electron chi connectivity index (χ4n) is 3.28. The van der Waals surface area contributed by atoms with E-state index >= 15 is 0 Å². The monoisotopic (exact) mass is 433 g/mol. The number of fused-ring (bicyclic) bond motifs is 1. The number of rotatable bonds is 6. The lowest BCUT2D eigenvalue weighted by atomic mass is 10.0. The quantitative estimate of drug-likeness (QED) is 0.471. The number of methoxy groups -OCH3 is 2. The number of para-hydroxylation sites is 1. The van der Waals surface area contributed by atoms with E-state index in [-0.39, 0.29) is 11.5 Å². The topological polar surface area (TPSA) is 104 Å². The zero-order valence-corrected chi connectivity index (χ0v) is 17.7. The molecule has 2 aromatic heterocycles. The maximum atomic E-state index is 13.2. The standard InChI is InChI=1S/C23H19N3O4S/c1-29-19-8-7-13(11-20(19)30-2)18-12-16(14-5-3-4-6-17(14)25-18)22(28)26-23-15(21(24)27)9-10-31-23/h3-12H,1-2H3,(H2,24,27)(H,26,28). The van der Waals surface area contributed by atoms with Gasteiger partial charge in [-0.05, 0) is 41.8 Å². The molecule has 31 heavy (non-hydrogen) atoms. The first-order valence-electron chi connectivity index (χ1n) is 9.32. The molecule has 0 saturated carbocycles. The van der Waals surface area contributed by atoms with Crippen molar-refractivity contribution in [2.45, 2.75) is 0 Å². The summed E-state index contributed by atoms with van der Waals surface area (Å²) in [6.07, 6.45) is 0. The second kappa shape index (κ2) is 8.45. The number of carbonyl (C=O) groups excluding carboxylic acids is 2. The molecule has 0 unspecified atom stereocenters. The lowest BCUT2D eigenvalue weighted by Crippen LogP contribution is -2.17. The number of amides is 2. The Bertz CT molecular complexity index is 1300. The number of thiophene rings is 1. The lowest BCUT2D eigenvalue weighted by molar-refractivity contribution is 0.100. The van der Waals surface area contributed by atoms with E-state index in [1.807, 2.05) is 36.4 Å². The van der Waals surface area contributed by atoms with Gasteiger partial charge in [0.15, 0.2) is 11.5 Å². The summed E-state index contributed by atoms with van der Waals surface area (Å²) >= 11 is 1.24. The van der Waals surface area contributed by atoms with Crippen LogP contribution in [0.1, 0.15) is 20.7 Å². The van der Waals surface area contributed by atoms with Gasteiger partial charge in [-0.2, -0.15) is 0 Å². The van der Waals surface area contributed by atoms with Crippen LogP contribution in [0.15, 0.2) is 60.0 Å². The Hall–Kier alpha value is -3.91. The first-order valence-corrected chi connectivity index (χ1v) is 10.2. The van der Waals surface area contributed by atoms with Crippen molar-refractivity contribution in [2.75, 3.05) is 19.5 Å². The normalized spacial score (nSPS) is 10.6. The van der Waals surface area contributed by atoms with Crippen LogP contribution in [0.5, 0.6) is 11.5 Å². The largest absolute Gasteiger partial charge is 0.493 e. The van der Waals surface area contributed by atoms with Crippen LogP contribution in [0, 0.1) is 0 Å². The molecule has 7 nitrogen and oxygen atoms in total. The highest BCUT2D eigenvalue weighted by molar-refractivity contribution is 7.14. The smallest absolute Gasteiger partial charge is 0.257 e. The number of benzene rings is 2. The van der Waals surface area contributed by atoms with Gasteiger partial charge in [-0.25, -0.2) is 4.98 Å². The molecule has 2 aromatic carbocycles. The minimum atomic E-state index is -0.595. The SMILES string of the molecule is COc1ccc(-c2cc(C(=O)Nc3sccc3C(N)=O)c3ccccc3n2)cc1OC. The molecule has 8 heteroatoms. The van der Waals surface area contributed by atoms with Gasteiger partial charge in [-0.3, -0.25) is 9.59 Å². The Kier molecular flexibility index (Phi) is 5.55. The predicted octanol–water partition coefficient (Wildman–Crippen LogP) is 4.33. The van der Waals surface area contributed by atoms with Crippen LogP contribution < -0.4 is 20.5 Å². The van der Waals surface area contributed by atoms with Gasteiger partial charge in [-0.1, -0.05) is 18.2 Å². The summed E-state index contributed by atoms with van der Waals surface area (Å²) < 4.78 is 10.7. The van der Waals surface area contributed by atoms with Crippen molar-refractivity contribution in [1.29, 1.82) is 0 Å². The summed E-state index contributed by atoms with van der Waals surface area (Å²) in [5.41, 5.74) is 8.14. The van der Waals surface area contributed by atoms with Gasteiger partial charge in [0.2, 0.25) is 0 Å². The zero-order chi connectivity index (χ0) is 22.0. The van der Waals surface area contributed by atoms with Crippen molar-refractivity contribution in [2.24, 2.45) is 5.73 Å². The zero-order valence-electron chi connectivity index (χ0n) is 16.8. The Balaban J connectivity index is 1.81. The molecule has 4 aromatic rings. The molecule has 0 fully saturated rings. The molecule has 2 amide bonds. The van der Waals surface area contributed by atoms with Gasteiger partial charge in [0.05, 0.1) is 36.6 Å². The van der Waals surface area contributed by atoms with E-state index < -0.39 is 5.91 Å². The van der Waals surface area contributed by atoms with Crippen LogP contribution in [0.25, 0.3) is 22.2 Å². The average molecular weight is 433 g/mol. The molecule has 0 aliphatic carbocycles. The predicted molar refractivity (Wildman–Crippen MR) is 121 cm³/mol. The van der Waals surface area contributed by atoms with Gasteiger partial charge >= 0.3 is 0 Å². The van der Waals surface area contributed by atoms with E-state index in [0.717, 1.165) is 5.56 Å². The van der Waals surface area contributed by atoms with Crippen molar-refractivity contribution in [3.8, 4) is 22.8 Å². The number of ether oxygens (including phenoxy) is 2. The number of aromatic nitrogens is 1. The second-order valence-electron chi connectivity index (χ2n) is 6.62. The molecule has 0 bridgehead atoms. The number of anilines is 1. The lowest BCUT2D eigenvalue weighted by Gasteiger charge is -2.12. The molecule has 4 rings (SSSR count). The van der Waals surface area contributed by atoms with E-state index in [1.54, 1.807) is 37.8 Å². The van der Waals surface area contributed by atoms with Gasteiger partial charge in [0.1, 0.15) is 5.00 Å². The van der Waals surface area contributed by atoms with Crippen LogP contribution >= 0.6 is 11.3 Å². The van der Waals surface area contributed by atoms with Crippen molar-refractivity contribution >= 4 is 39.1 Å². The number of pyridine rings is 1. The van der Waals surface area contributed by atoms with E-state index in [0.29, 0.717) is 38.7 Å². The highest BCUT2D eigenvalue weighted by Gasteiger charge is 2.18. The minimum absolute atomic E-state index is 0.275. The first kappa shape index (κ1) is 20.4. The Morgan fingerprint density at radius 3 is 2.48 bits per heavy atom. The van der Waals surface area contributed by atoms with Gasteiger partial charge < -0.3 is 20.5 Å². The van der Waals surface area contributed by atoms with Crippen LogP contribution in [-0.4, -0.2) is 31.0 Å². The maximum absolute atomic E-state index is 13.2. The first-order chi connectivity index (χ1) is 15.0. The number of nitrogens with one attached hydrogen (secondary N) is 1. The van der Waals surface area contributed by atoms with E-state index in [2.05, 4.69) is 5.32 Å². The van der Waals surface area contributed by atoms with Crippen molar-refractivity contribution in [3.63, 3.8) is 0 Å². The van der Waals surface area contributed by atoms with Crippen LogP contribution in [-0.2, 0) is 0 Å².